The van der Waals surface area contributed by atoms with Crippen LogP contribution < -0.4 is 20.5 Å². The monoisotopic (exact) mass is 898 g/mol. The topological polar surface area (TPSA) is 155 Å². The van der Waals surface area contributed by atoms with E-state index < -0.39 is 29.9 Å². The van der Waals surface area contributed by atoms with Crippen molar-refractivity contribution in [2.24, 2.45) is 0 Å². The minimum atomic E-state index is -1.12. The second-order valence-electron chi connectivity index (χ2n) is 17.4. The fourth-order valence-electron chi connectivity index (χ4n) is 8.07. The van der Waals surface area contributed by atoms with E-state index in [1.165, 1.54) is 17.2 Å². The SMILES string of the molecule is Cc1c(NC(=O)OCc2cc[n+](CCCNC(=O)c3cc(-c4ccc(C(C)C)cc4)ccc3-c3ccc(-c4ccc(C(C)C)cc4)cc3)cc2)cccc1C(=O)N(C=O)C1CCC(=O)NC1=O. The summed E-state index contributed by atoms with van der Waals surface area (Å²) >= 11 is 0. The highest BCUT2D eigenvalue weighted by atomic mass is 16.5. The van der Waals surface area contributed by atoms with E-state index in [1.54, 1.807) is 19.1 Å². The summed E-state index contributed by atoms with van der Waals surface area (Å²) in [6.07, 6.45) is 3.98. The first-order valence-electron chi connectivity index (χ1n) is 22.7. The van der Waals surface area contributed by atoms with Gasteiger partial charge in [-0.05, 0) is 93.5 Å². The second kappa shape index (κ2) is 21.5. The maximum absolute atomic E-state index is 14.0. The Morgan fingerprint density at radius 3 is 1.94 bits per heavy atom. The molecule has 67 heavy (non-hydrogen) atoms. The minimum Gasteiger partial charge on any atom is -0.444 e. The van der Waals surface area contributed by atoms with Crippen LogP contribution in [0.3, 0.4) is 0 Å². The number of nitrogens with zero attached hydrogens (tertiary/aromatic N) is 2. The van der Waals surface area contributed by atoms with Crippen LogP contribution in [0.2, 0.25) is 0 Å². The summed E-state index contributed by atoms with van der Waals surface area (Å²) in [4.78, 5) is 76.8. The number of carbonyl (C=O) groups is 6. The molecule has 1 unspecified atom stereocenters. The summed E-state index contributed by atoms with van der Waals surface area (Å²) in [5.41, 5.74) is 10.8. The Labute approximate surface area is 391 Å². The van der Waals surface area contributed by atoms with Gasteiger partial charge in [0.05, 0.1) is 0 Å². The molecule has 1 aliphatic rings. The zero-order valence-corrected chi connectivity index (χ0v) is 38.5. The third kappa shape index (κ3) is 11.6. The maximum atomic E-state index is 14.0. The van der Waals surface area contributed by atoms with Gasteiger partial charge in [0.25, 0.3) is 11.8 Å². The number of hydrogen-bond acceptors (Lipinski definition) is 7. The van der Waals surface area contributed by atoms with Crippen LogP contribution >= 0.6 is 0 Å². The number of pyridine rings is 1. The van der Waals surface area contributed by atoms with Gasteiger partial charge in [-0.25, -0.2) is 9.36 Å². The number of aromatic nitrogens is 1. The lowest BCUT2D eigenvalue weighted by Gasteiger charge is -2.28. The Morgan fingerprint density at radius 2 is 1.34 bits per heavy atom. The molecule has 1 fully saturated rings. The van der Waals surface area contributed by atoms with Crippen LogP contribution in [0.15, 0.2) is 134 Å². The Morgan fingerprint density at radius 1 is 0.761 bits per heavy atom. The van der Waals surface area contributed by atoms with Gasteiger partial charge in [0, 0.05) is 53.9 Å². The van der Waals surface area contributed by atoms with Crippen LogP contribution in [-0.4, -0.2) is 53.6 Å². The van der Waals surface area contributed by atoms with E-state index in [0.717, 1.165) is 43.8 Å². The molecule has 12 heteroatoms. The van der Waals surface area contributed by atoms with Gasteiger partial charge >= 0.3 is 6.09 Å². The first kappa shape index (κ1) is 47.2. The summed E-state index contributed by atoms with van der Waals surface area (Å²) in [6.45, 7) is 11.4. The van der Waals surface area contributed by atoms with Gasteiger partial charge in [-0.3, -0.25) is 39.5 Å². The van der Waals surface area contributed by atoms with E-state index in [0.29, 0.717) is 48.2 Å². The lowest BCUT2D eigenvalue weighted by atomic mass is 9.92. The van der Waals surface area contributed by atoms with Crippen LogP contribution in [0, 0.1) is 6.92 Å². The molecule has 7 rings (SSSR count). The molecule has 0 bridgehead atoms. The Kier molecular flexibility index (Phi) is 15.2. The van der Waals surface area contributed by atoms with Crippen molar-refractivity contribution in [1.82, 2.24) is 15.5 Å². The number of piperidine rings is 1. The molecule has 6 amide bonds. The maximum Gasteiger partial charge on any atom is 0.411 e. The van der Waals surface area contributed by atoms with Gasteiger partial charge in [0.15, 0.2) is 12.4 Å². The molecule has 1 saturated heterocycles. The molecule has 6 aromatic rings. The lowest BCUT2D eigenvalue weighted by molar-refractivity contribution is -0.697. The largest absolute Gasteiger partial charge is 0.444 e. The van der Waals surface area contributed by atoms with Crippen LogP contribution in [0.4, 0.5) is 10.5 Å². The molecule has 0 radical (unpaired) electrons. The number of hydrogen-bond donors (Lipinski definition) is 3. The van der Waals surface area contributed by atoms with Gasteiger partial charge in [-0.15, -0.1) is 0 Å². The van der Waals surface area contributed by atoms with Gasteiger partial charge in [0.2, 0.25) is 18.2 Å². The minimum absolute atomic E-state index is 0.000536. The van der Waals surface area contributed by atoms with Crippen molar-refractivity contribution in [3.8, 4) is 33.4 Å². The zero-order chi connectivity index (χ0) is 47.6. The van der Waals surface area contributed by atoms with Gasteiger partial charge in [0.1, 0.15) is 19.2 Å². The summed E-state index contributed by atoms with van der Waals surface area (Å²) in [7, 11) is 0. The average molecular weight is 899 g/mol. The van der Waals surface area contributed by atoms with Crippen molar-refractivity contribution in [2.45, 2.75) is 84.9 Å². The Bertz CT molecular complexity index is 2770. The van der Waals surface area contributed by atoms with E-state index in [1.807, 2.05) is 41.2 Å². The molecule has 12 nitrogen and oxygen atoms in total. The van der Waals surface area contributed by atoms with E-state index in [2.05, 4.69) is 123 Å². The molecule has 1 aliphatic heterocycles. The number of rotatable bonds is 16. The van der Waals surface area contributed by atoms with E-state index >= 15 is 0 Å². The van der Waals surface area contributed by atoms with Crippen LogP contribution in [0.25, 0.3) is 33.4 Å². The first-order chi connectivity index (χ1) is 32.3. The summed E-state index contributed by atoms with van der Waals surface area (Å²) in [5, 5.41) is 7.96. The number of ether oxygens (including phenoxy) is 1. The third-order valence-corrected chi connectivity index (χ3v) is 12.2. The van der Waals surface area contributed by atoms with Crippen molar-refractivity contribution < 1.29 is 38.1 Å². The average Bonchev–Trinajstić information content (AvgIpc) is 3.34. The standard InChI is InChI=1S/C55H55N5O7/c1-35(2)39-10-14-41(15-11-39)42-18-20-44(21-19-42)47-23-22-45(43-16-12-40(13-17-43)36(3)4)32-48(47)52(63)56-28-7-29-59-30-26-38(27-31-59)33-67-55(66)57-49-9-6-8-46(37(49)5)54(65)60(34-61)50-24-25-51(62)58-53(50)64/h6,8-23,26-27,30-32,34-36,50H,7,24-25,28-29,33H2,1-5H3,(H2-,56,57,58,62,63,64,66)/p+1. The summed E-state index contributed by atoms with van der Waals surface area (Å²) in [5.74, 6) is -1.19. The predicted molar refractivity (Wildman–Crippen MR) is 258 cm³/mol. The highest BCUT2D eigenvalue weighted by Crippen LogP contribution is 2.32. The quantitative estimate of drug-likeness (QED) is 0.0378. The Balaban J connectivity index is 0.943. The number of benzene rings is 5. The van der Waals surface area contributed by atoms with Crippen LogP contribution in [-0.2, 0) is 32.3 Å². The number of carbonyl (C=O) groups excluding carboxylic acids is 6. The molecule has 3 N–H and O–H groups in total. The van der Waals surface area contributed by atoms with E-state index in [4.69, 9.17) is 4.74 Å². The fourth-order valence-corrected chi connectivity index (χ4v) is 8.07. The predicted octanol–water partition coefficient (Wildman–Crippen LogP) is 9.50. The van der Waals surface area contributed by atoms with Crippen molar-refractivity contribution in [3.05, 3.63) is 167 Å². The summed E-state index contributed by atoms with van der Waals surface area (Å²) in [6, 6.07) is 38.8. The van der Waals surface area contributed by atoms with Crippen molar-refractivity contribution in [1.29, 1.82) is 0 Å². The van der Waals surface area contributed by atoms with Crippen LogP contribution in [0.1, 0.15) is 102 Å². The van der Waals surface area contributed by atoms with Crippen molar-refractivity contribution in [2.75, 3.05) is 11.9 Å². The Hall–Kier alpha value is -7.73. The molecular formula is C55H56N5O7+. The van der Waals surface area contributed by atoms with Crippen molar-refractivity contribution >= 4 is 41.8 Å². The normalized spacial score (nSPS) is 13.5. The molecule has 1 atom stereocenters. The van der Waals surface area contributed by atoms with Gasteiger partial charge in [-0.1, -0.05) is 119 Å². The molecule has 1 aromatic heterocycles. The van der Waals surface area contributed by atoms with Crippen molar-refractivity contribution in [3.63, 3.8) is 0 Å². The number of imide groups is 2. The molecular weight excluding hydrogens is 843 g/mol. The highest BCUT2D eigenvalue weighted by Gasteiger charge is 2.35. The third-order valence-electron chi connectivity index (χ3n) is 12.2. The molecule has 5 aromatic carbocycles. The van der Waals surface area contributed by atoms with Crippen LogP contribution in [0.5, 0.6) is 0 Å². The lowest BCUT2D eigenvalue weighted by Crippen LogP contribution is -2.53. The molecule has 0 saturated carbocycles. The number of aryl methyl sites for hydroxylation is 1. The smallest absolute Gasteiger partial charge is 0.411 e. The summed E-state index contributed by atoms with van der Waals surface area (Å²) < 4.78 is 7.46. The number of amides is 6. The molecule has 0 aliphatic carbocycles. The molecule has 0 spiro atoms. The second-order valence-corrected chi connectivity index (χ2v) is 17.4. The number of nitrogens with one attached hydrogen (secondary N) is 3. The van der Waals surface area contributed by atoms with E-state index in [-0.39, 0.29) is 37.3 Å². The highest BCUT2D eigenvalue weighted by molar-refractivity contribution is 6.08. The van der Waals surface area contributed by atoms with Gasteiger partial charge in [-0.2, -0.15) is 0 Å². The van der Waals surface area contributed by atoms with E-state index in [9.17, 15) is 28.8 Å². The molecule has 342 valence electrons. The fraction of sp³-hybridized carbons (Fsp3) is 0.255. The zero-order valence-electron chi connectivity index (χ0n) is 38.5. The van der Waals surface area contributed by atoms with Gasteiger partial charge < -0.3 is 10.1 Å². The number of anilines is 1. The first-order valence-corrected chi connectivity index (χ1v) is 22.7. The molecule has 2 heterocycles.